The van der Waals surface area contributed by atoms with Gasteiger partial charge in [-0.25, -0.2) is 4.99 Å². The fourth-order valence-corrected chi connectivity index (χ4v) is 1.12. The average molecular weight is 154 g/mol. The third kappa shape index (κ3) is 2.01. The van der Waals surface area contributed by atoms with E-state index in [0.717, 1.165) is 26.2 Å². The number of guanidine groups is 1. The Hall–Kier alpha value is -0.900. The van der Waals surface area contributed by atoms with Crippen LogP contribution in [0.4, 0.5) is 0 Å². The molecule has 4 heteroatoms. The summed E-state index contributed by atoms with van der Waals surface area (Å²) in [5, 5.41) is 7.38. The maximum absolute atomic E-state index is 7.38. The Balaban J connectivity index is 2.38. The number of rotatable bonds is 0. The van der Waals surface area contributed by atoms with Gasteiger partial charge in [-0.2, -0.15) is 0 Å². The molecule has 0 aliphatic carbocycles. The van der Waals surface area contributed by atoms with Crippen molar-refractivity contribution in [1.29, 1.82) is 5.41 Å². The van der Waals surface area contributed by atoms with Gasteiger partial charge in [0.05, 0.1) is 0 Å². The molecule has 0 spiro atoms. The minimum atomic E-state index is 0.304. The molecule has 0 atom stereocenters. The van der Waals surface area contributed by atoms with Gasteiger partial charge >= 0.3 is 0 Å². The van der Waals surface area contributed by atoms with E-state index in [1.807, 2.05) is 4.90 Å². The molecule has 4 nitrogen and oxygen atoms in total. The topological polar surface area (TPSA) is 42.7 Å². The molecule has 1 fully saturated rings. The van der Waals surface area contributed by atoms with E-state index in [4.69, 9.17) is 5.41 Å². The van der Waals surface area contributed by atoms with Crippen molar-refractivity contribution >= 4 is 12.7 Å². The van der Waals surface area contributed by atoms with Crippen LogP contribution in [0, 0.1) is 5.41 Å². The van der Waals surface area contributed by atoms with E-state index in [-0.39, 0.29) is 0 Å². The van der Waals surface area contributed by atoms with Crippen molar-refractivity contribution in [3.63, 3.8) is 0 Å². The Bertz CT molecular complexity index is 158. The van der Waals surface area contributed by atoms with Crippen LogP contribution >= 0.6 is 0 Å². The highest BCUT2D eigenvalue weighted by molar-refractivity contribution is 5.81. The summed E-state index contributed by atoms with van der Waals surface area (Å²) in [6.07, 6.45) is 0. The van der Waals surface area contributed by atoms with Crippen LogP contribution in [0.25, 0.3) is 0 Å². The summed E-state index contributed by atoms with van der Waals surface area (Å²) in [7, 11) is 2.09. The molecule has 11 heavy (non-hydrogen) atoms. The lowest BCUT2D eigenvalue weighted by atomic mass is 10.3. The van der Waals surface area contributed by atoms with Gasteiger partial charge in [0.2, 0.25) is 5.96 Å². The first-order valence-corrected chi connectivity index (χ1v) is 3.73. The molecule has 0 amide bonds. The van der Waals surface area contributed by atoms with Crippen molar-refractivity contribution in [1.82, 2.24) is 9.80 Å². The third-order valence-electron chi connectivity index (χ3n) is 1.95. The largest absolute Gasteiger partial charge is 0.339 e. The Kier molecular flexibility index (Phi) is 2.59. The van der Waals surface area contributed by atoms with Crippen LogP contribution in [0.5, 0.6) is 0 Å². The lowest BCUT2D eigenvalue weighted by molar-refractivity contribution is 0.213. The van der Waals surface area contributed by atoms with Crippen LogP contribution in [-0.4, -0.2) is 55.7 Å². The molecule has 0 unspecified atom stereocenters. The Morgan fingerprint density at radius 2 is 1.91 bits per heavy atom. The minimum Gasteiger partial charge on any atom is -0.339 e. The van der Waals surface area contributed by atoms with Crippen molar-refractivity contribution in [2.75, 3.05) is 33.2 Å². The van der Waals surface area contributed by atoms with E-state index >= 15 is 0 Å². The van der Waals surface area contributed by atoms with Crippen molar-refractivity contribution < 1.29 is 0 Å². The van der Waals surface area contributed by atoms with E-state index in [1.54, 1.807) is 0 Å². The van der Waals surface area contributed by atoms with E-state index in [9.17, 15) is 0 Å². The normalized spacial score (nSPS) is 19.9. The first kappa shape index (κ1) is 8.20. The number of aliphatic imine (C=N–C) groups is 1. The van der Waals surface area contributed by atoms with E-state index in [1.165, 1.54) is 0 Å². The van der Waals surface area contributed by atoms with Crippen LogP contribution in [0.2, 0.25) is 0 Å². The molecule has 1 heterocycles. The highest BCUT2D eigenvalue weighted by Crippen LogP contribution is 1.99. The standard InChI is InChI=1S/C7H14N4/c1-9-7(8)11-5-3-10(2)4-6-11/h8H,1,3-6H2,2H3. The van der Waals surface area contributed by atoms with Gasteiger partial charge in [0.1, 0.15) is 0 Å². The number of hydrogen-bond acceptors (Lipinski definition) is 2. The lowest BCUT2D eigenvalue weighted by Gasteiger charge is -2.32. The number of likely N-dealkylation sites (N-methyl/N-ethyl adjacent to an activating group) is 1. The molecule has 1 N–H and O–H groups in total. The fourth-order valence-electron chi connectivity index (χ4n) is 1.12. The number of nitrogens with zero attached hydrogens (tertiary/aromatic N) is 3. The zero-order chi connectivity index (χ0) is 8.27. The van der Waals surface area contributed by atoms with Crippen LogP contribution in [-0.2, 0) is 0 Å². The van der Waals surface area contributed by atoms with Crippen molar-refractivity contribution in [2.45, 2.75) is 0 Å². The molecule has 0 radical (unpaired) electrons. The number of piperazine rings is 1. The minimum absolute atomic E-state index is 0.304. The van der Waals surface area contributed by atoms with Gasteiger partial charge in [-0.15, -0.1) is 0 Å². The first-order valence-electron chi connectivity index (χ1n) is 3.73. The van der Waals surface area contributed by atoms with E-state index in [0.29, 0.717) is 5.96 Å². The molecule has 0 aromatic carbocycles. The maximum atomic E-state index is 7.38. The van der Waals surface area contributed by atoms with Gasteiger partial charge in [0, 0.05) is 26.2 Å². The summed E-state index contributed by atoms with van der Waals surface area (Å²) in [4.78, 5) is 7.76. The summed E-state index contributed by atoms with van der Waals surface area (Å²) >= 11 is 0. The first-order chi connectivity index (χ1) is 5.24. The van der Waals surface area contributed by atoms with Gasteiger partial charge < -0.3 is 9.80 Å². The van der Waals surface area contributed by atoms with Gasteiger partial charge in [-0.1, -0.05) is 0 Å². The molecular formula is C7H14N4. The predicted octanol–water partition coefficient (Wildman–Crippen LogP) is -0.131. The zero-order valence-corrected chi connectivity index (χ0v) is 6.88. The molecule has 0 aromatic heterocycles. The highest BCUT2D eigenvalue weighted by Gasteiger charge is 2.14. The summed E-state index contributed by atoms with van der Waals surface area (Å²) in [5.41, 5.74) is 0. The highest BCUT2D eigenvalue weighted by atomic mass is 15.3. The quantitative estimate of drug-likeness (QED) is 0.390. The second-order valence-corrected chi connectivity index (χ2v) is 2.77. The summed E-state index contributed by atoms with van der Waals surface area (Å²) in [5.74, 6) is 0.304. The Labute approximate surface area is 67.0 Å². The molecule has 0 saturated carbocycles. The molecule has 1 saturated heterocycles. The molecule has 0 bridgehead atoms. The van der Waals surface area contributed by atoms with E-state index < -0.39 is 0 Å². The second kappa shape index (κ2) is 3.48. The molecule has 1 rings (SSSR count). The van der Waals surface area contributed by atoms with Crippen LogP contribution in [0.15, 0.2) is 4.99 Å². The Morgan fingerprint density at radius 1 is 1.36 bits per heavy atom. The average Bonchev–Trinajstić information content (AvgIpc) is 2.05. The van der Waals surface area contributed by atoms with Crippen LogP contribution in [0.1, 0.15) is 0 Å². The SMILES string of the molecule is C=NC(=N)N1CCN(C)CC1. The van der Waals surface area contributed by atoms with Crippen molar-refractivity contribution in [3.8, 4) is 0 Å². The van der Waals surface area contributed by atoms with E-state index in [2.05, 4.69) is 23.7 Å². The number of nitrogens with one attached hydrogen (secondary N) is 1. The van der Waals surface area contributed by atoms with Gasteiger partial charge in [0.25, 0.3) is 0 Å². The zero-order valence-electron chi connectivity index (χ0n) is 6.88. The maximum Gasteiger partial charge on any atom is 0.217 e. The summed E-state index contributed by atoms with van der Waals surface area (Å²) in [6.45, 7) is 7.14. The Morgan fingerprint density at radius 3 is 2.36 bits per heavy atom. The van der Waals surface area contributed by atoms with Crippen molar-refractivity contribution in [3.05, 3.63) is 0 Å². The second-order valence-electron chi connectivity index (χ2n) is 2.77. The third-order valence-corrected chi connectivity index (χ3v) is 1.95. The fraction of sp³-hybridized carbons (Fsp3) is 0.714. The van der Waals surface area contributed by atoms with Gasteiger partial charge in [-0.05, 0) is 13.8 Å². The van der Waals surface area contributed by atoms with Crippen molar-refractivity contribution in [2.24, 2.45) is 4.99 Å². The molecule has 1 aliphatic heterocycles. The summed E-state index contributed by atoms with van der Waals surface area (Å²) in [6, 6.07) is 0. The molecule has 1 aliphatic rings. The monoisotopic (exact) mass is 154 g/mol. The molecule has 0 aromatic rings. The number of hydrogen-bond donors (Lipinski definition) is 1. The smallest absolute Gasteiger partial charge is 0.217 e. The predicted molar refractivity (Wildman–Crippen MR) is 46.3 cm³/mol. The van der Waals surface area contributed by atoms with Gasteiger partial charge in [-0.3, -0.25) is 5.41 Å². The van der Waals surface area contributed by atoms with Crippen LogP contribution < -0.4 is 0 Å². The van der Waals surface area contributed by atoms with Gasteiger partial charge in [0.15, 0.2) is 0 Å². The lowest BCUT2D eigenvalue weighted by Crippen LogP contribution is -2.46. The summed E-state index contributed by atoms with van der Waals surface area (Å²) < 4.78 is 0. The van der Waals surface area contributed by atoms with Crippen LogP contribution in [0.3, 0.4) is 0 Å². The molecular weight excluding hydrogens is 140 g/mol. The molecule has 62 valence electrons.